The van der Waals surface area contributed by atoms with Gasteiger partial charge in [0.2, 0.25) is 0 Å². The Hall–Kier alpha value is -1.71. The minimum absolute atomic E-state index is 0.282. The predicted molar refractivity (Wildman–Crippen MR) is 41.4 cm³/mol. The molecule has 3 nitrogen and oxygen atoms in total. The second-order valence-electron chi connectivity index (χ2n) is 2.33. The van der Waals surface area contributed by atoms with Gasteiger partial charge in [0, 0.05) is 5.56 Å². The van der Waals surface area contributed by atoms with Gasteiger partial charge in [0.1, 0.15) is 11.5 Å². The molecule has 2 rings (SSSR count). The molecule has 0 spiro atoms. The van der Waals surface area contributed by atoms with Crippen molar-refractivity contribution in [2.75, 3.05) is 0 Å². The molecule has 0 aromatic heterocycles. The standard InChI is InChI=1S/C8H5FN3/c9-7-3-1-2-6(4-7)8-5-10-12-11-8/h1-5H. The predicted octanol–water partition coefficient (Wildman–Crippen LogP) is 2.11. The van der Waals surface area contributed by atoms with E-state index in [-0.39, 0.29) is 5.82 Å². The van der Waals surface area contributed by atoms with E-state index in [1.165, 1.54) is 18.3 Å². The Labute approximate surface area is 68.6 Å². The maximum Gasteiger partial charge on any atom is 0.123 e. The molecule has 0 N–H and O–H groups in total. The summed E-state index contributed by atoms with van der Waals surface area (Å²) >= 11 is 0. The van der Waals surface area contributed by atoms with E-state index in [2.05, 4.69) is 15.8 Å². The Morgan fingerprint density at radius 1 is 1.25 bits per heavy atom. The quantitative estimate of drug-likeness (QED) is 0.606. The van der Waals surface area contributed by atoms with E-state index in [0.29, 0.717) is 11.3 Å². The highest BCUT2D eigenvalue weighted by molar-refractivity contribution is 5.64. The van der Waals surface area contributed by atoms with Gasteiger partial charge in [0.15, 0.2) is 0 Å². The number of hydrogen-bond acceptors (Lipinski definition) is 2. The zero-order valence-corrected chi connectivity index (χ0v) is 6.11. The van der Waals surface area contributed by atoms with Gasteiger partial charge in [0.05, 0.1) is 6.20 Å². The number of hydrogen-bond donors (Lipinski definition) is 0. The zero-order valence-electron chi connectivity index (χ0n) is 6.11. The highest BCUT2D eigenvalue weighted by Crippen LogP contribution is 2.19. The van der Waals surface area contributed by atoms with Crippen LogP contribution in [0.15, 0.2) is 40.8 Å². The van der Waals surface area contributed by atoms with Crippen LogP contribution in [0.5, 0.6) is 0 Å². The van der Waals surface area contributed by atoms with E-state index < -0.39 is 0 Å². The smallest absolute Gasteiger partial charge is 0.123 e. The van der Waals surface area contributed by atoms with Crippen LogP contribution in [0.25, 0.3) is 5.70 Å². The van der Waals surface area contributed by atoms with Crippen molar-refractivity contribution in [2.45, 2.75) is 0 Å². The molecule has 0 atom stereocenters. The molecule has 1 aromatic carbocycles. The summed E-state index contributed by atoms with van der Waals surface area (Å²) in [5, 5.41) is 7.11. The molecule has 0 bridgehead atoms. The average Bonchev–Trinajstić information content (AvgIpc) is 2.56. The number of rotatable bonds is 1. The number of benzene rings is 1. The topological polar surface area (TPSA) is 38.8 Å². The summed E-state index contributed by atoms with van der Waals surface area (Å²) in [7, 11) is 0. The van der Waals surface area contributed by atoms with Crippen LogP contribution in [-0.4, -0.2) is 0 Å². The molecule has 0 saturated carbocycles. The third-order valence-electron chi connectivity index (χ3n) is 1.50. The van der Waals surface area contributed by atoms with Crippen LogP contribution in [0.1, 0.15) is 5.56 Å². The lowest BCUT2D eigenvalue weighted by molar-refractivity contribution is 0.627. The molecule has 4 heteroatoms. The largest absolute Gasteiger partial charge is 0.207 e. The maximum atomic E-state index is 12.7. The fourth-order valence-electron chi connectivity index (χ4n) is 0.960. The summed E-state index contributed by atoms with van der Waals surface area (Å²) in [5.41, 5.74) is 4.83. The maximum absolute atomic E-state index is 12.7. The average molecular weight is 162 g/mol. The summed E-state index contributed by atoms with van der Waals surface area (Å²) in [6.07, 6.45) is 1.49. The molecule has 12 heavy (non-hydrogen) atoms. The van der Waals surface area contributed by atoms with Gasteiger partial charge in [-0.25, -0.2) is 4.39 Å². The van der Waals surface area contributed by atoms with Crippen molar-refractivity contribution in [1.29, 1.82) is 0 Å². The summed E-state index contributed by atoms with van der Waals surface area (Å²) < 4.78 is 12.7. The van der Waals surface area contributed by atoms with Crippen molar-refractivity contribution in [3.05, 3.63) is 41.8 Å². The van der Waals surface area contributed by atoms with Crippen molar-refractivity contribution in [3.63, 3.8) is 0 Å². The first-order chi connectivity index (χ1) is 5.86. The van der Waals surface area contributed by atoms with E-state index in [4.69, 9.17) is 0 Å². The second-order valence-corrected chi connectivity index (χ2v) is 2.33. The molecule has 0 fully saturated rings. The van der Waals surface area contributed by atoms with Gasteiger partial charge in [-0.15, -0.1) is 10.5 Å². The van der Waals surface area contributed by atoms with Crippen LogP contribution in [0.3, 0.4) is 0 Å². The molecule has 1 aliphatic heterocycles. The lowest BCUT2D eigenvalue weighted by Gasteiger charge is -1.95. The zero-order chi connectivity index (χ0) is 8.39. The van der Waals surface area contributed by atoms with Crippen LogP contribution >= 0.6 is 0 Å². The Balaban J connectivity index is 2.40. The fraction of sp³-hybridized carbons (Fsp3) is 0. The Morgan fingerprint density at radius 2 is 2.17 bits per heavy atom. The van der Waals surface area contributed by atoms with E-state index >= 15 is 0 Å². The number of halogens is 1. The van der Waals surface area contributed by atoms with Crippen molar-refractivity contribution in [2.24, 2.45) is 10.3 Å². The molecular weight excluding hydrogens is 157 g/mol. The molecule has 0 saturated heterocycles. The van der Waals surface area contributed by atoms with E-state index in [1.54, 1.807) is 12.1 Å². The lowest BCUT2D eigenvalue weighted by Crippen LogP contribution is -1.81. The SMILES string of the molecule is Fc1cccc(C2=C[N]N=N2)c1. The van der Waals surface area contributed by atoms with Crippen LogP contribution in [0.4, 0.5) is 4.39 Å². The summed E-state index contributed by atoms with van der Waals surface area (Å²) in [4.78, 5) is 0. The Morgan fingerprint density at radius 3 is 2.83 bits per heavy atom. The molecule has 0 unspecified atom stereocenters. The van der Waals surface area contributed by atoms with Gasteiger partial charge < -0.3 is 0 Å². The van der Waals surface area contributed by atoms with Crippen molar-refractivity contribution in [1.82, 2.24) is 5.43 Å². The first-order valence-electron chi connectivity index (χ1n) is 3.43. The van der Waals surface area contributed by atoms with Crippen LogP contribution in [-0.2, 0) is 0 Å². The molecule has 1 heterocycles. The van der Waals surface area contributed by atoms with E-state index in [0.717, 1.165) is 0 Å². The summed E-state index contributed by atoms with van der Waals surface area (Å²) in [5.74, 6) is -0.282. The van der Waals surface area contributed by atoms with Crippen LogP contribution < -0.4 is 5.43 Å². The van der Waals surface area contributed by atoms with Gasteiger partial charge in [-0.3, -0.25) is 0 Å². The van der Waals surface area contributed by atoms with E-state index in [1.807, 2.05) is 0 Å². The summed E-state index contributed by atoms with van der Waals surface area (Å²) in [6, 6.07) is 6.16. The van der Waals surface area contributed by atoms with Crippen LogP contribution in [0, 0.1) is 5.82 Å². The molecule has 0 aliphatic carbocycles. The van der Waals surface area contributed by atoms with Gasteiger partial charge >= 0.3 is 0 Å². The summed E-state index contributed by atoms with van der Waals surface area (Å²) in [6.45, 7) is 0. The third-order valence-corrected chi connectivity index (χ3v) is 1.50. The monoisotopic (exact) mass is 162 g/mol. The first-order valence-corrected chi connectivity index (χ1v) is 3.43. The van der Waals surface area contributed by atoms with Gasteiger partial charge in [-0.1, -0.05) is 12.1 Å². The van der Waals surface area contributed by atoms with E-state index in [9.17, 15) is 4.39 Å². The Kier molecular flexibility index (Phi) is 1.59. The lowest BCUT2D eigenvalue weighted by atomic mass is 10.2. The minimum Gasteiger partial charge on any atom is -0.207 e. The normalized spacial score (nSPS) is 14.2. The second kappa shape index (κ2) is 2.73. The fourth-order valence-corrected chi connectivity index (χ4v) is 0.960. The highest BCUT2D eigenvalue weighted by atomic mass is 19.1. The molecule has 1 aromatic rings. The van der Waals surface area contributed by atoms with Gasteiger partial charge in [0.25, 0.3) is 0 Å². The molecular formula is C8H5FN3. The molecule has 1 aliphatic rings. The van der Waals surface area contributed by atoms with Crippen LogP contribution in [0.2, 0.25) is 0 Å². The molecule has 59 valence electrons. The van der Waals surface area contributed by atoms with Crippen molar-refractivity contribution < 1.29 is 4.39 Å². The van der Waals surface area contributed by atoms with Gasteiger partial charge in [-0.05, 0) is 17.4 Å². The third kappa shape index (κ3) is 1.18. The highest BCUT2D eigenvalue weighted by Gasteiger charge is 2.05. The first kappa shape index (κ1) is 6.97. The number of nitrogens with zero attached hydrogens (tertiary/aromatic N) is 3. The molecule has 1 radical (unpaired) electrons. The Bertz CT molecular complexity index is 357. The minimum atomic E-state index is -0.282. The van der Waals surface area contributed by atoms with Crippen molar-refractivity contribution >= 4 is 5.70 Å². The van der Waals surface area contributed by atoms with Crippen molar-refractivity contribution in [3.8, 4) is 0 Å². The molecule has 0 amide bonds. The van der Waals surface area contributed by atoms with Gasteiger partial charge in [-0.2, -0.15) is 0 Å².